The van der Waals surface area contributed by atoms with Crippen molar-refractivity contribution in [3.05, 3.63) is 30.1 Å². The maximum Gasteiger partial charge on any atom is 0.244 e. The Morgan fingerprint density at radius 3 is 2.61 bits per heavy atom. The second kappa shape index (κ2) is 5.48. The average Bonchev–Trinajstić information content (AvgIpc) is 2.33. The molecule has 1 saturated heterocycles. The number of anilines is 1. The molecule has 4 heteroatoms. The van der Waals surface area contributed by atoms with E-state index in [1.54, 1.807) is 17.0 Å². The molecule has 0 saturated carbocycles. The summed E-state index contributed by atoms with van der Waals surface area (Å²) in [5.74, 6) is -0.193. The first kappa shape index (κ1) is 13.0. The van der Waals surface area contributed by atoms with Crippen molar-refractivity contribution in [1.82, 2.24) is 5.32 Å². The third-order valence-corrected chi connectivity index (χ3v) is 3.11. The van der Waals surface area contributed by atoms with Gasteiger partial charge in [0.2, 0.25) is 5.91 Å². The highest BCUT2D eigenvalue weighted by Gasteiger charge is 2.29. The van der Waals surface area contributed by atoms with Gasteiger partial charge in [0, 0.05) is 18.3 Å². The van der Waals surface area contributed by atoms with Crippen LogP contribution in [-0.4, -0.2) is 24.5 Å². The lowest BCUT2D eigenvalue weighted by molar-refractivity contribution is -0.121. The molecule has 1 unspecified atom stereocenters. The summed E-state index contributed by atoms with van der Waals surface area (Å²) in [7, 11) is 0. The van der Waals surface area contributed by atoms with Gasteiger partial charge < -0.3 is 10.2 Å². The van der Waals surface area contributed by atoms with Crippen molar-refractivity contribution in [2.45, 2.75) is 38.8 Å². The van der Waals surface area contributed by atoms with Gasteiger partial charge in [0.15, 0.2) is 0 Å². The summed E-state index contributed by atoms with van der Waals surface area (Å²) in [6.07, 6.45) is 1.84. The number of nitrogens with zero attached hydrogens (tertiary/aromatic N) is 1. The summed E-state index contributed by atoms with van der Waals surface area (Å²) >= 11 is 0. The Kier molecular flexibility index (Phi) is 3.97. The Morgan fingerprint density at radius 2 is 2.00 bits per heavy atom. The van der Waals surface area contributed by atoms with Crippen LogP contribution in [0.2, 0.25) is 0 Å². The minimum absolute atomic E-state index is 0.0848. The van der Waals surface area contributed by atoms with Crippen molar-refractivity contribution in [3.63, 3.8) is 0 Å². The second-order valence-electron chi connectivity index (χ2n) is 4.98. The monoisotopic (exact) mass is 250 g/mol. The molecule has 1 amide bonds. The van der Waals surface area contributed by atoms with Crippen LogP contribution in [0.25, 0.3) is 0 Å². The van der Waals surface area contributed by atoms with Gasteiger partial charge in [-0.3, -0.25) is 4.79 Å². The number of hydrogen-bond acceptors (Lipinski definition) is 2. The lowest BCUT2D eigenvalue weighted by Crippen LogP contribution is -2.52. The molecule has 1 heterocycles. The summed E-state index contributed by atoms with van der Waals surface area (Å²) in [6.45, 7) is 4.77. The highest BCUT2D eigenvalue weighted by Crippen LogP contribution is 2.21. The minimum Gasteiger partial charge on any atom is -0.311 e. The van der Waals surface area contributed by atoms with Crippen LogP contribution in [-0.2, 0) is 4.79 Å². The lowest BCUT2D eigenvalue weighted by atomic mass is 10.0. The van der Waals surface area contributed by atoms with Gasteiger partial charge in [-0.1, -0.05) is 13.8 Å². The van der Waals surface area contributed by atoms with E-state index in [2.05, 4.69) is 5.32 Å². The molecule has 2 rings (SSSR count). The normalized spacial score (nSPS) is 20.6. The minimum atomic E-state index is -0.278. The first-order valence-corrected chi connectivity index (χ1v) is 6.41. The first-order chi connectivity index (χ1) is 8.58. The van der Waals surface area contributed by atoms with Gasteiger partial charge >= 0.3 is 0 Å². The molecule has 0 spiro atoms. The molecule has 3 nitrogen and oxygen atoms in total. The molecule has 0 bridgehead atoms. The number of carbonyl (C=O) groups is 1. The summed E-state index contributed by atoms with van der Waals surface area (Å²) < 4.78 is 12.9. The average molecular weight is 250 g/mol. The van der Waals surface area contributed by atoms with Crippen LogP contribution in [0.5, 0.6) is 0 Å². The van der Waals surface area contributed by atoms with Crippen molar-refractivity contribution >= 4 is 11.6 Å². The molecule has 98 valence electrons. The van der Waals surface area contributed by atoms with E-state index >= 15 is 0 Å². The highest BCUT2D eigenvalue weighted by atomic mass is 19.1. The predicted molar refractivity (Wildman–Crippen MR) is 70.0 cm³/mol. The summed E-state index contributed by atoms with van der Waals surface area (Å²) in [6, 6.07) is 6.26. The molecular weight excluding hydrogens is 231 g/mol. The second-order valence-corrected chi connectivity index (χ2v) is 4.98. The van der Waals surface area contributed by atoms with Gasteiger partial charge in [-0.15, -0.1) is 0 Å². The van der Waals surface area contributed by atoms with E-state index < -0.39 is 0 Å². The Hall–Kier alpha value is -1.42. The van der Waals surface area contributed by atoms with E-state index in [0.717, 1.165) is 18.5 Å². The zero-order valence-corrected chi connectivity index (χ0v) is 10.8. The van der Waals surface area contributed by atoms with Gasteiger partial charge in [-0.2, -0.15) is 0 Å². The Labute approximate surface area is 107 Å². The zero-order chi connectivity index (χ0) is 13.1. The van der Waals surface area contributed by atoms with E-state index in [-0.39, 0.29) is 23.8 Å². The Bertz CT molecular complexity index is 416. The standard InChI is InChI=1S/C14H19FN2O/c1-10(2)16-13-4-3-9-17(14(13)18)12-7-5-11(15)6-8-12/h5-8,10,13,16H,3-4,9H2,1-2H3. The van der Waals surface area contributed by atoms with E-state index in [1.807, 2.05) is 13.8 Å². The summed E-state index contributed by atoms with van der Waals surface area (Å²) in [4.78, 5) is 14.1. The van der Waals surface area contributed by atoms with Crippen LogP contribution < -0.4 is 10.2 Å². The molecule has 0 radical (unpaired) electrons. The number of carbonyl (C=O) groups excluding carboxylic acids is 1. The third-order valence-electron chi connectivity index (χ3n) is 3.11. The molecule has 1 aliphatic heterocycles. The van der Waals surface area contributed by atoms with Gasteiger partial charge in [0.25, 0.3) is 0 Å². The van der Waals surface area contributed by atoms with Crippen molar-refractivity contribution in [2.24, 2.45) is 0 Å². The molecule has 1 aliphatic rings. The largest absolute Gasteiger partial charge is 0.311 e. The van der Waals surface area contributed by atoms with E-state index in [1.165, 1.54) is 12.1 Å². The van der Waals surface area contributed by atoms with Crippen LogP contribution in [0.15, 0.2) is 24.3 Å². The summed E-state index contributed by atoms with van der Waals surface area (Å²) in [5, 5.41) is 3.28. The molecule has 1 fully saturated rings. The fourth-order valence-corrected chi connectivity index (χ4v) is 2.31. The quantitative estimate of drug-likeness (QED) is 0.893. The number of rotatable bonds is 3. The van der Waals surface area contributed by atoms with Crippen molar-refractivity contribution in [1.29, 1.82) is 0 Å². The molecule has 18 heavy (non-hydrogen) atoms. The zero-order valence-electron chi connectivity index (χ0n) is 10.8. The fourth-order valence-electron chi connectivity index (χ4n) is 2.31. The Morgan fingerprint density at radius 1 is 1.33 bits per heavy atom. The SMILES string of the molecule is CC(C)NC1CCCN(c2ccc(F)cc2)C1=O. The van der Waals surface area contributed by atoms with Crippen LogP contribution in [0, 0.1) is 5.82 Å². The predicted octanol–water partition coefficient (Wildman–Crippen LogP) is 2.32. The van der Waals surface area contributed by atoms with E-state index in [4.69, 9.17) is 0 Å². The van der Waals surface area contributed by atoms with Gasteiger partial charge in [0.1, 0.15) is 5.82 Å². The maximum atomic E-state index is 12.9. The molecule has 0 aliphatic carbocycles. The van der Waals surface area contributed by atoms with Crippen LogP contribution in [0.4, 0.5) is 10.1 Å². The maximum absolute atomic E-state index is 12.9. The number of benzene rings is 1. The van der Waals surface area contributed by atoms with E-state index in [0.29, 0.717) is 6.54 Å². The van der Waals surface area contributed by atoms with Gasteiger partial charge in [-0.05, 0) is 37.1 Å². The van der Waals surface area contributed by atoms with Crippen molar-refractivity contribution in [2.75, 3.05) is 11.4 Å². The molecule has 1 aromatic carbocycles. The number of piperidine rings is 1. The molecule has 1 aromatic rings. The van der Waals surface area contributed by atoms with Crippen LogP contribution in [0.3, 0.4) is 0 Å². The number of halogens is 1. The smallest absolute Gasteiger partial charge is 0.244 e. The third kappa shape index (κ3) is 2.88. The summed E-state index contributed by atoms with van der Waals surface area (Å²) in [5.41, 5.74) is 0.775. The van der Waals surface area contributed by atoms with Crippen molar-refractivity contribution < 1.29 is 9.18 Å². The van der Waals surface area contributed by atoms with Gasteiger partial charge in [0.05, 0.1) is 6.04 Å². The van der Waals surface area contributed by atoms with Crippen LogP contribution in [0.1, 0.15) is 26.7 Å². The first-order valence-electron chi connectivity index (χ1n) is 6.41. The highest BCUT2D eigenvalue weighted by molar-refractivity contribution is 5.97. The lowest BCUT2D eigenvalue weighted by Gasteiger charge is -2.33. The van der Waals surface area contributed by atoms with Gasteiger partial charge in [-0.25, -0.2) is 4.39 Å². The molecule has 1 N–H and O–H groups in total. The molecule has 1 atom stereocenters. The topological polar surface area (TPSA) is 32.3 Å². The van der Waals surface area contributed by atoms with E-state index in [9.17, 15) is 9.18 Å². The van der Waals surface area contributed by atoms with Crippen molar-refractivity contribution in [3.8, 4) is 0 Å². The fraction of sp³-hybridized carbons (Fsp3) is 0.500. The number of nitrogens with one attached hydrogen (secondary N) is 1. The molecule has 0 aromatic heterocycles. The Balaban J connectivity index is 2.13. The number of hydrogen-bond donors (Lipinski definition) is 1. The van der Waals surface area contributed by atoms with Crippen LogP contribution >= 0.6 is 0 Å². The molecular formula is C14H19FN2O. The number of amides is 1.